The highest BCUT2D eigenvalue weighted by Gasteiger charge is 2.27. The van der Waals surface area contributed by atoms with Crippen molar-refractivity contribution in [3.8, 4) is 0 Å². The standard InChI is InChI=1S/C16H22N2O/c1-2-15(18-9-3-4-10-18)16(19)13-5-6-14-12(11-13)7-8-17-14/h5-6,11,15,17H,2-4,7-10H2,1H3. The summed E-state index contributed by atoms with van der Waals surface area (Å²) in [5.41, 5.74) is 3.38. The average molecular weight is 258 g/mol. The Kier molecular flexibility index (Phi) is 3.56. The maximum atomic E-state index is 12.7. The Balaban J connectivity index is 1.81. The molecule has 19 heavy (non-hydrogen) atoms. The second kappa shape index (κ2) is 5.33. The van der Waals surface area contributed by atoms with Crippen LogP contribution in [0.5, 0.6) is 0 Å². The van der Waals surface area contributed by atoms with Gasteiger partial charge >= 0.3 is 0 Å². The molecule has 0 saturated carbocycles. The monoisotopic (exact) mass is 258 g/mol. The molecular weight excluding hydrogens is 236 g/mol. The molecule has 3 nitrogen and oxygen atoms in total. The first kappa shape index (κ1) is 12.7. The van der Waals surface area contributed by atoms with Crippen molar-refractivity contribution in [3.05, 3.63) is 29.3 Å². The molecule has 1 atom stereocenters. The number of nitrogens with one attached hydrogen (secondary N) is 1. The Morgan fingerprint density at radius 3 is 2.89 bits per heavy atom. The Morgan fingerprint density at radius 1 is 1.37 bits per heavy atom. The van der Waals surface area contributed by atoms with E-state index in [1.165, 1.54) is 24.1 Å². The van der Waals surface area contributed by atoms with E-state index in [4.69, 9.17) is 0 Å². The number of nitrogens with zero attached hydrogens (tertiary/aromatic N) is 1. The summed E-state index contributed by atoms with van der Waals surface area (Å²) in [4.78, 5) is 15.1. The predicted octanol–water partition coefficient (Wildman–Crippen LogP) is 2.71. The maximum absolute atomic E-state index is 12.7. The summed E-state index contributed by atoms with van der Waals surface area (Å²) in [6.07, 6.45) is 4.42. The molecule has 0 amide bonds. The first-order valence-corrected chi connectivity index (χ1v) is 7.44. The van der Waals surface area contributed by atoms with Crippen molar-refractivity contribution in [2.75, 3.05) is 25.0 Å². The molecule has 1 aromatic carbocycles. The minimum Gasteiger partial charge on any atom is -0.384 e. The lowest BCUT2D eigenvalue weighted by molar-refractivity contribution is 0.0844. The molecular formula is C16H22N2O. The number of Topliss-reactive ketones (excluding diaryl/α,β-unsaturated/α-hetero) is 1. The van der Waals surface area contributed by atoms with Crippen LogP contribution in [0.25, 0.3) is 0 Å². The van der Waals surface area contributed by atoms with Gasteiger partial charge in [0.05, 0.1) is 6.04 Å². The number of hydrogen-bond donors (Lipinski definition) is 1. The number of carbonyl (C=O) groups excluding carboxylic acids is 1. The fourth-order valence-electron chi connectivity index (χ4n) is 3.31. The summed E-state index contributed by atoms with van der Waals surface area (Å²) in [7, 11) is 0. The van der Waals surface area contributed by atoms with E-state index in [9.17, 15) is 4.79 Å². The first-order valence-electron chi connectivity index (χ1n) is 7.44. The van der Waals surface area contributed by atoms with Crippen LogP contribution in [-0.2, 0) is 6.42 Å². The number of carbonyl (C=O) groups is 1. The van der Waals surface area contributed by atoms with Crippen molar-refractivity contribution in [1.82, 2.24) is 4.90 Å². The van der Waals surface area contributed by atoms with Crippen molar-refractivity contribution in [3.63, 3.8) is 0 Å². The van der Waals surface area contributed by atoms with Gasteiger partial charge in [0.2, 0.25) is 0 Å². The predicted molar refractivity (Wildman–Crippen MR) is 77.9 cm³/mol. The number of ketones is 1. The van der Waals surface area contributed by atoms with Crippen LogP contribution in [0.3, 0.4) is 0 Å². The van der Waals surface area contributed by atoms with E-state index in [0.717, 1.165) is 38.0 Å². The van der Waals surface area contributed by atoms with Gasteiger partial charge in [-0.1, -0.05) is 6.92 Å². The average Bonchev–Trinajstić information content (AvgIpc) is 3.09. The van der Waals surface area contributed by atoms with Crippen LogP contribution in [-0.4, -0.2) is 36.4 Å². The molecule has 2 aliphatic heterocycles. The van der Waals surface area contributed by atoms with Gasteiger partial charge in [0.25, 0.3) is 0 Å². The number of fused-ring (bicyclic) bond motifs is 1. The van der Waals surface area contributed by atoms with Crippen LogP contribution in [0.1, 0.15) is 42.1 Å². The van der Waals surface area contributed by atoms with Gasteiger partial charge in [-0.2, -0.15) is 0 Å². The van der Waals surface area contributed by atoms with Gasteiger partial charge in [-0.15, -0.1) is 0 Å². The Morgan fingerprint density at radius 2 is 2.16 bits per heavy atom. The Labute approximate surface area is 115 Å². The molecule has 3 rings (SSSR count). The van der Waals surface area contributed by atoms with Crippen LogP contribution in [0, 0.1) is 0 Å². The Bertz CT molecular complexity index is 478. The second-order valence-electron chi connectivity index (χ2n) is 5.58. The highest BCUT2D eigenvalue weighted by Crippen LogP contribution is 2.25. The Hall–Kier alpha value is -1.35. The lowest BCUT2D eigenvalue weighted by atomic mass is 9.98. The molecule has 1 N–H and O–H groups in total. The van der Waals surface area contributed by atoms with Crippen LogP contribution in [0.4, 0.5) is 5.69 Å². The molecule has 2 aliphatic rings. The van der Waals surface area contributed by atoms with Gasteiger partial charge in [0.1, 0.15) is 0 Å². The molecule has 1 fully saturated rings. The van der Waals surface area contributed by atoms with E-state index in [-0.39, 0.29) is 6.04 Å². The zero-order valence-electron chi connectivity index (χ0n) is 11.6. The highest BCUT2D eigenvalue weighted by atomic mass is 16.1. The van der Waals surface area contributed by atoms with Gasteiger partial charge < -0.3 is 5.32 Å². The molecule has 0 radical (unpaired) electrons. The third kappa shape index (κ3) is 2.39. The van der Waals surface area contributed by atoms with Gasteiger partial charge in [0, 0.05) is 17.8 Å². The largest absolute Gasteiger partial charge is 0.384 e. The zero-order valence-corrected chi connectivity index (χ0v) is 11.6. The smallest absolute Gasteiger partial charge is 0.179 e. The van der Waals surface area contributed by atoms with Crippen LogP contribution in [0.2, 0.25) is 0 Å². The SMILES string of the molecule is CCC(C(=O)c1ccc2c(c1)CCN2)N1CCCC1. The summed E-state index contributed by atoms with van der Waals surface area (Å²) in [6.45, 7) is 5.28. The fraction of sp³-hybridized carbons (Fsp3) is 0.562. The summed E-state index contributed by atoms with van der Waals surface area (Å²) < 4.78 is 0. The van der Waals surface area contributed by atoms with Gasteiger partial charge in [0.15, 0.2) is 5.78 Å². The molecule has 0 spiro atoms. The minimum atomic E-state index is 0.0786. The van der Waals surface area contributed by atoms with E-state index in [1.54, 1.807) is 0 Å². The second-order valence-corrected chi connectivity index (χ2v) is 5.58. The lowest BCUT2D eigenvalue weighted by Gasteiger charge is -2.25. The summed E-state index contributed by atoms with van der Waals surface area (Å²) >= 11 is 0. The first-order chi connectivity index (χ1) is 9.29. The molecule has 102 valence electrons. The summed E-state index contributed by atoms with van der Waals surface area (Å²) in [6, 6.07) is 6.22. The molecule has 3 heteroatoms. The maximum Gasteiger partial charge on any atom is 0.179 e. The van der Waals surface area contributed by atoms with Crippen LogP contribution >= 0.6 is 0 Å². The summed E-state index contributed by atoms with van der Waals surface area (Å²) in [5, 5.41) is 3.34. The fourth-order valence-corrected chi connectivity index (χ4v) is 3.31. The van der Waals surface area contributed by atoms with Crippen molar-refractivity contribution in [2.45, 2.75) is 38.6 Å². The van der Waals surface area contributed by atoms with Gasteiger partial charge in [-0.05, 0) is 62.5 Å². The molecule has 1 aromatic rings. The van der Waals surface area contributed by atoms with Crippen LogP contribution in [0.15, 0.2) is 18.2 Å². The van der Waals surface area contributed by atoms with Crippen molar-refractivity contribution >= 4 is 11.5 Å². The quantitative estimate of drug-likeness (QED) is 0.843. The van der Waals surface area contributed by atoms with Gasteiger partial charge in [-0.3, -0.25) is 9.69 Å². The van der Waals surface area contributed by atoms with Gasteiger partial charge in [-0.25, -0.2) is 0 Å². The van der Waals surface area contributed by atoms with Crippen LogP contribution < -0.4 is 5.32 Å². The minimum absolute atomic E-state index is 0.0786. The molecule has 2 heterocycles. The summed E-state index contributed by atoms with van der Waals surface area (Å²) in [5.74, 6) is 0.305. The van der Waals surface area contributed by atoms with Crippen molar-refractivity contribution in [2.24, 2.45) is 0 Å². The van der Waals surface area contributed by atoms with E-state index < -0.39 is 0 Å². The van der Waals surface area contributed by atoms with Crippen molar-refractivity contribution in [1.29, 1.82) is 0 Å². The molecule has 0 bridgehead atoms. The zero-order chi connectivity index (χ0) is 13.2. The number of rotatable bonds is 4. The molecule has 1 unspecified atom stereocenters. The number of benzene rings is 1. The third-order valence-electron chi connectivity index (χ3n) is 4.37. The number of anilines is 1. The topological polar surface area (TPSA) is 32.3 Å². The molecule has 0 aliphatic carbocycles. The van der Waals surface area contributed by atoms with E-state index in [0.29, 0.717) is 5.78 Å². The molecule has 1 saturated heterocycles. The van der Waals surface area contributed by atoms with E-state index >= 15 is 0 Å². The van der Waals surface area contributed by atoms with Crippen molar-refractivity contribution < 1.29 is 4.79 Å². The number of hydrogen-bond acceptors (Lipinski definition) is 3. The number of likely N-dealkylation sites (tertiary alicyclic amines) is 1. The highest BCUT2D eigenvalue weighted by molar-refractivity contribution is 6.00. The molecule has 0 aromatic heterocycles. The lowest BCUT2D eigenvalue weighted by Crippen LogP contribution is -2.38. The van der Waals surface area contributed by atoms with E-state index in [1.807, 2.05) is 6.07 Å². The third-order valence-corrected chi connectivity index (χ3v) is 4.37. The van der Waals surface area contributed by atoms with E-state index in [2.05, 4.69) is 29.3 Å². The normalized spacial score (nSPS) is 20.1.